The molecule has 2 rings (SSSR count). The van der Waals surface area contributed by atoms with Gasteiger partial charge in [0.25, 0.3) is 5.91 Å². The third-order valence-electron chi connectivity index (χ3n) is 3.60. The Morgan fingerprint density at radius 3 is 2.52 bits per heavy atom. The molecule has 2 amide bonds. The summed E-state index contributed by atoms with van der Waals surface area (Å²) < 4.78 is 5.15. The molecule has 0 spiro atoms. The Hall–Kier alpha value is -3.08. The van der Waals surface area contributed by atoms with Crippen molar-refractivity contribution in [3.05, 3.63) is 72.3 Å². The number of ether oxygens (including phenoxy) is 1. The van der Waals surface area contributed by atoms with Gasteiger partial charge in [0.2, 0.25) is 5.91 Å². The van der Waals surface area contributed by atoms with Crippen LogP contribution in [0.3, 0.4) is 0 Å². The van der Waals surface area contributed by atoms with Gasteiger partial charge in [0.05, 0.1) is 7.11 Å². The molecule has 130 valence electrons. The lowest BCUT2D eigenvalue weighted by Crippen LogP contribution is -2.30. The molecule has 0 aliphatic rings. The van der Waals surface area contributed by atoms with Gasteiger partial charge in [0.15, 0.2) is 0 Å². The van der Waals surface area contributed by atoms with E-state index in [0.717, 1.165) is 11.3 Å². The van der Waals surface area contributed by atoms with Crippen LogP contribution in [0.5, 0.6) is 5.75 Å². The fourth-order valence-electron chi connectivity index (χ4n) is 2.44. The quantitative estimate of drug-likeness (QED) is 0.786. The molecular weight excluding hydrogens is 316 g/mol. The maximum Gasteiger partial charge on any atom is 0.254 e. The van der Waals surface area contributed by atoms with E-state index in [4.69, 9.17) is 4.74 Å². The van der Waals surface area contributed by atoms with Crippen molar-refractivity contribution in [1.82, 2.24) is 4.90 Å². The van der Waals surface area contributed by atoms with E-state index in [1.165, 1.54) is 6.92 Å². The van der Waals surface area contributed by atoms with E-state index in [-0.39, 0.29) is 11.8 Å². The predicted molar refractivity (Wildman–Crippen MR) is 98.7 cm³/mol. The highest BCUT2D eigenvalue weighted by molar-refractivity contribution is 5.96. The van der Waals surface area contributed by atoms with Crippen molar-refractivity contribution in [3.8, 4) is 5.75 Å². The SMILES string of the molecule is C=CCN(Cc1ccc(OC)cc1)C(=O)c1cccc(NC(C)=O)c1. The molecule has 0 heterocycles. The summed E-state index contributed by atoms with van der Waals surface area (Å²) in [5.41, 5.74) is 2.11. The van der Waals surface area contributed by atoms with E-state index in [9.17, 15) is 9.59 Å². The van der Waals surface area contributed by atoms with Crippen LogP contribution in [0.15, 0.2) is 61.2 Å². The Bertz CT molecular complexity index is 754. The van der Waals surface area contributed by atoms with E-state index in [1.807, 2.05) is 24.3 Å². The molecule has 0 bridgehead atoms. The average molecular weight is 338 g/mol. The molecule has 0 fully saturated rings. The molecule has 0 saturated heterocycles. The standard InChI is InChI=1S/C20H22N2O3/c1-4-12-22(14-16-8-10-19(25-3)11-9-16)20(24)17-6-5-7-18(13-17)21-15(2)23/h4-11,13H,1,12,14H2,2-3H3,(H,21,23). The first-order chi connectivity index (χ1) is 12.0. The van der Waals surface area contributed by atoms with Crippen LogP contribution >= 0.6 is 0 Å². The molecule has 2 aromatic carbocycles. The second-order valence-corrected chi connectivity index (χ2v) is 5.58. The van der Waals surface area contributed by atoms with Crippen LogP contribution in [-0.2, 0) is 11.3 Å². The number of nitrogens with zero attached hydrogens (tertiary/aromatic N) is 1. The molecule has 0 saturated carbocycles. The van der Waals surface area contributed by atoms with Crippen LogP contribution in [0.2, 0.25) is 0 Å². The van der Waals surface area contributed by atoms with Gasteiger partial charge in [0.1, 0.15) is 5.75 Å². The van der Waals surface area contributed by atoms with Crippen LogP contribution in [0, 0.1) is 0 Å². The van der Waals surface area contributed by atoms with Gasteiger partial charge in [0, 0.05) is 31.3 Å². The smallest absolute Gasteiger partial charge is 0.254 e. The summed E-state index contributed by atoms with van der Waals surface area (Å²) in [7, 11) is 1.62. The summed E-state index contributed by atoms with van der Waals surface area (Å²) in [5.74, 6) is 0.474. The number of methoxy groups -OCH3 is 1. The lowest BCUT2D eigenvalue weighted by atomic mass is 10.1. The van der Waals surface area contributed by atoms with Crippen molar-refractivity contribution in [2.45, 2.75) is 13.5 Å². The van der Waals surface area contributed by atoms with Gasteiger partial charge in [-0.3, -0.25) is 9.59 Å². The molecule has 0 radical (unpaired) electrons. The van der Waals surface area contributed by atoms with Crippen molar-refractivity contribution in [2.24, 2.45) is 0 Å². The molecule has 0 aromatic heterocycles. The Labute approximate surface area is 147 Å². The number of rotatable bonds is 7. The minimum atomic E-state index is -0.175. The van der Waals surface area contributed by atoms with Gasteiger partial charge in [-0.05, 0) is 35.9 Å². The summed E-state index contributed by atoms with van der Waals surface area (Å²) in [4.78, 5) is 25.7. The number of benzene rings is 2. The number of amides is 2. The van der Waals surface area contributed by atoms with E-state index >= 15 is 0 Å². The Balaban J connectivity index is 2.19. The van der Waals surface area contributed by atoms with Crippen LogP contribution in [0.1, 0.15) is 22.8 Å². The molecule has 0 aliphatic carbocycles. The lowest BCUT2D eigenvalue weighted by molar-refractivity contribution is -0.114. The average Bonchev–Trinajstić information content (AvgIpc) is 2.61. The van der Waals surface area contributed by atoms with Gasteiger partial charge in [-0.25, -0.2) is 0 Å². The highest BCUT2D eigenvalue weighted by atomic mass is 16.5. The van der Waals surface area contributed by atoms with E-state index in [1.54, 1.807) is 42.4 Å². The minimum absolute atomic E-state index is 0.122. The topological polar surface area (TPSA) is 58.6 Å². The summed E-state index contributed by atoms with van der Waals surface area (Å²) in [6, 6.07) is 14.5. The fraction of sp³-hybridized carbons (Fsp3) is 0.200. The first-order valence-corrected chi connectivity index (χ1v) is 7.94. The first kappa shape index (κ1) is 18.3. The maximum atomic E-state index is 12.8. The molecule has 5 heteroatoms. The predicted octanol–water partition coefficient (Wildman–Crippen LogP) is 3.48. The van der Waals surface area contributed by atoms with E-state index in [0.29, 0.717) is 24.3 Å². The number of hydrogen-bond donors (Lipinski definition) is 1. The highest BCUT2D eigenvalue weighted by Gasteiger charge is 2.15. The van der Waals surface area contributed by atoms with Crippen LogP contribution < -0.4 is 10.1 Å². The van der Waals surface area contributed by atoms with Gasteiger partial charge in [-0.1, -0.05) is 24.3 Å². The summed E-state index contributed by atoms with van der Waals surface area (Å²) in [5, 5.41) is 2.69. The van der Waals surface area contributed by atoms with Crippen LogP contribution in [-0.4, -0.2) is 30.4 Å². The van der Waals surface area contributed by atoms with E-state index in [2.05, 4.69) is 11.9 Å². The molecule has 0 aliphatic heterocycles. The number of carbonyl (C=O) groups is 2. The molecule has 0 unspecified atom stereocenters. The second kappa shape index (κ2) is 8.68. The van der Waals surface area contributed by atoms with Crippen molar-refractivity contribution in [1.29, 1.82) is 0 Å². The Morgan fingerprint density at radius 1 is 1.20 bits per heavy atom. The fourth-order valence-corrected chi connectivity index (χ4v) is 2.44. The highest BCUT2D eigenvalue weighted by Crippen LogP contribution is 2.17. The van der Waals surface area contributed by atoms with Crippen molar-refractivity contribution in [2.75, 3.05) is 19.0 Å². The zero-order valence-electron chi connectivity index (χ0n) is 14.5. The molecule has 5 nitrogen and oxygen atoms in total. The van der Waals surface area contributed by atoms with Crippen molar-refractivity contribution < 1.29 is 14.3 Å². The van der Waals surface area contributed by atoms with Gasteiger partial charge < -0.3 is 15.0 Å². The van der Waals surface area contributed by atoms with E-state index < -0.39 is 0 Å². The third-order valence-corrected chi connectivity index (χ3v) is 3.60. The molecule has 1 N–H and O–H groups in total. The molecular formula is C20H22N2O3. The monoisotopic (exact) mass is 338 g/mol. The zero-order chi connectivity index (χ0) is 18.2. The normalized spacial score (nSPS) is 10.0. The number of hydrogen-bond acceptors (Lipinski definition) is 3. The van der Waals surface area contributed by atoms with Gasteiger partial charge in [-0.15, -0.1) is 6.58 Å². The molecule has 25 heavy (non-hydrogen) atoms. The minimum Gasteiger partial charge on any atom is -0.497 e. The summed E-state index contributed by atoms with van der Waals surface area (Å²) in [6.45, 7) is 6.05. The summed E-state index contributed by atoms with van der Waals surface area (Å²) in [6.07, 6.45) is 1.69. The first-order valence-electron chi connectivity index (χ1n) is 7.94. The van der Waals surface area contributed by atoms with Crippen molar-refractivity contribution >= 4 is 17.5 Å². The zero-order valence-corrected chi connectivity index (χ0v) is 14.5. The number of carbonyl (C=O) groups excluding carboxylic acids is 2. The van der Waals surface area contributed by atoms with Gasteiger partial charge in [-0.2, -0.15) is 0 Å². The maximum absolute atomic E-state index is 12.8. The molecule has 2 aromatic rings. The van der Waals surface area contributed by atoms with Crippen LogP contribution in [0.4, 0.5) is 5.69 Å². The summed E-state index contributed by atoms with van der Waals surface area (Å²) >= 11 is 0. The number of nitrogens with one attached hydrogen (secondary N) is 1. The lowest BCUT2D eigenvalue weighted by Gasteiger charge is -2.22. The Morgan fingerprint density at radius 2 is 1.92 bits per heavy atom. The van der Waals surface area contributed by atoms with Gasteiger partial charge >= 0.3 is 0 Å². The molecule has 0 atom stereocenters. The van der Waals surface area contributed by atoms with Crippen LogP contribution in [0.25, 0.3) is 0 Å². The third kappa shape index (κ3) is 5.21. The number of anilines is 1. The Kier molecular flexibility index (Phi) is 6.34. The second-order valence-electron chi connectivity index (χ2n) is 5.58. The largest absolute Gasteiger partial charge is 0.497 e. The van der Waals surface area contributed by atoms with Crippen molar-refractivity contribution in [3.63, 3.8) is 0 Å².